The molecule has 1 fully saturated rings. The van der Waals surface area contributed by atoms with E-state index in [2.05, 4.69) is 5.32 Å². The van der Waals surface area contributed by atoms with Gasteiger partial charge in [0.1, 0.15) is 14.3 Å². The van der Waals surface area contributed by atoms with Crippen LogP contribution in [0.25, 0.3) is 0 Å². The van der Waals surface area contributed by atoms with Crippen molar-refractivity contribution in [2.75, 3.05) is 26.3 Å². The van der Waals surface area contributed by atoms with Crippen LogP contribution in [0.5, 0.6) is 17.2 Å². The summed E-state index contributed by atoms with van der Waals surface area (Å²) < 4.78 is 95.0. The van der Waals surface area contributed by atoms with Crippen LogP contribution in [-0.2, 0) is 0 Å². The summed E-state index contributed by atoms with van der Waals surface area (Å²) in [5, 5.41) is 2.16. The van der Waals surface area contributed by atoms with Crippen molar-refractivity contribution in [1.82, 2.24) is 5.32 Å². The third kappa shape index (κ3) is 3.17. The van der Waals surface area contributed by atoms with Crippen molar-refractivity contribution in [1.29, 1.82) is 0 Å². The van der Waals surface area contributed by atoms with Gasteiger partial charge in [0, 0.05) is 26.7 Å². The molecule has 5 heteroatoms. The highest BCUT2D eigenvalue weighted by Gasteiger charge is 2.27. The lowest BCUT2D eigenvalue weighted by Gasteiger charge is -2.32. The quantitative estimate of drug-likeness (QED) is 0.929. The van der Waals surface area contributed by atoms with Gasteiger partial charge < -0.3 is 19.5 Å². The number of fused-ring (bicyclic) bond motifs is 1. The van der Waals surface area contributed by atoms with Crippen molar-refractivity contribution in [2.24, 2.45) is 5.89 Å². The molecule has 126 valence electrons. The molecule has 2 aromatic carbocycles. The van der Waals surface area contributed by atoms with E-state index in [1.54, 1.807) is 0 Å². The minimum absolute atomic E-state index is 0.0586. The SMILES string of the molecule is [2H]C1([2H])C[C@@]([2H])(c2ccc(F)cc2)C([2H])(COc2ccc3c(c2)OC([2H])([2H])O3)C([2H])([2H])N1. The second kappa shape index (κ2) is 6.69. The van der Waals surface area contributed by atoms with Gasteiger partial charge >= 0.3 is 0 Å². The highest BCUT2D eigenvalue weighted by Crippen LogP contribution is 2.36. The third-order valence-corrected chi connectivity index (χ3v) is 3.73. The number of ether oxygens (including phenoxy) is 3. The van der Waals surface area contributed by atoms with E-state index < -0.39 is 50.4 Å². The molecule has 4 rings (SSSR count). The number of nitrogens with one attached hydrogen (secondary N) is 1. The summed E-state index contributed by atoms with van der Waals surface area (Å²) in [6, 6.07) is 8.77. The molecule has 0 radical (unpaired) electrons. The highest BCUT2D eigenvalue weighted by molar-refractivity contribution is 5.46. The second-order valence-corrected chi connectivity index (χ2v) is 5.25. The van der Waals surface area contributed by atoms with Crippen molar-refractivity contribution in [2.45, 2.75) is 12.3 Å². The zero-order valence-corrected chi connectivity index (χ0v) is 12.6. The molecule has 1 saturated heterocycles. The lowest BCUT2D eigenvalue weighted by molar-refractivity contribution is 0.173. The van der Waals surface area contributed by atoms with Crippen LogP contribution in [0.4, 0.5) is 4.39 Å². The minimum atomic E-state index is -2.71. The number of hydrogen-bond acceptors (Lipinski definition) is 4. The molecule has 1 unspecified atom stereocenters. The first-order valence-electron chi connectivity index (χ1n) is 11.4. The largest absolute Gasteiger partial charge is 0.493 e. The summed E-state index contributed by atoms with van der Waals surface area (Å²) in [7, 11) is 0. The number of piperidine rings is 1. The maximum Gasteiger partial charge on any atom is 0.231 e. The molecule has 0 spiro atoms. The lowest BCUT2D eigenvalue weighted by Crippen LogP contribution is -2.38. The zero-order chi connectivity index (χ0) is 23.6. The van der Waals surface area contributed by atoms with Crippen LogP contribution in [0.15, 0.2) is 42.5 Å². The van der Waals surface area contributed by atoms with E-state index in [-0.39, 0.29) is 22.8 Å². The number of halogens is 1. The predicted molar refractivity (Wildman–Crippen MR) is 88.2 cm³/mol. The Morgan fingerprint density at radius 3 is 2.92 bits per heavy atom. The van der Waals surface area contributed by atoms with Gasteiger partial charge in [0.25, 0.3) is 0 Å². The lowest BCUT2D eigenvalue weighted by atomic mass is 9.81. The van der Waals surface area contributed by atoms with Gasteiger partial charge in [-0.05, 0) is 48.6 Å². The molecule has 0 aromatic heterocycles. The van der Waals surface area contributed by atoms with Gasteiger partial charge in [-0.25, -0.2) is 4.39 Å². The molecular weight excluding hydrogens is 309 g/mol. The molecule has 1 N–H and O–H groups in total. The summed E-state index contributed by atoms with van der Waals surface area (Å²) in [5.41, 5.74) is 0.0747. The Kier molecular flexibility index (Phi) is 2.43. The van der Waals surface area contributed by atoms with Gasteiger partial charge in [0.05, 0.1) is 6.61 Å². The van der Waals surface area contributed by atoms with Gasteiger partial charge in [-0.15, -0.1) is 0 Å². The molecule has 0 aliphatic carbocycles. The summed E-state index contributed by atoms with van der Waals surface area (Å²) in [5.74, 6) is -4.77. The summed E-state index contributed by atoms with van der Waals surface area (Å²) in [4.78, 5) is 0. The van der Waals surface area contributed by atoms with E-state index in [9.17, 15) is 4.39 Å². The fourth-order valence-electron chi connectivity index (χ4n) is 2.49. The second-order valence-electron chi connectivity index (χ2n) is 5.25. The first-order valence-corrected chi connectivity index (χ1v) is 7.37. The fraction of sp³-hybridized carbons (Fsp3) is 0.368. The zero-order valence-electron chi connectivity index (χ0n) is 20.6. The molecule has 2 aromatic rings. The Morgan fingerprint density at radius 1 is 1.21 bits per heavy atom. The van der Waals surface area contributed by atoms with Crippen molar-refractivity contribution in [3.63, 3.8) is 0 Å². The number of hydrogen-bond donors (Lipinski definition) is 1. The molecule has 0 amide bonds. The first kappa shape index (κ1) is 8.72. The van der Waals surface area contributed by atoms with E-state index in [4.69, 9.17) is 25.2 Å². The first-order chi connectivity index (χ1) is 14.7. The van der Waals surface area contributed by atoms with Crippen LogP contribution >= 0.6 is 0 Å². The normalized spacial score (nSPS) is 39.7. The molecule has 2 aliphatic rings. The highest BCUT2D eigenvalue weighted by atomic mass is 19.1. The Bertz CT molecular complexity index is 1040. The molecule has 4 nitrogen and oxygen atoms in total. The average Bonchev–Trinajstić information content (AvgIpc) is 2.97. The molecule has 2 heterocycles. The minimum Gasteiger partial charge on any atom is -0.493 e. The van der Waals surface area contributed by atoms with E-state index in [0.717, 1.165) is 12.1 Å². The van der Waals surface area contributed by atoms with Crippen LogP contribution in [0.1, 0.15) is 28.8 Å². The molecule has 2 aliphatic heterocycles. The van der Waals surface area contributed by atoms with Gasteiger partial charge in [0.15, 0.2) is 11.5 Å². The predicted octanol–water partition coefficient (Wildman–Crippen LogP) is 3.33. The molecule has 0 bridgehead atoms. The van der Waals surface area contributed by atoms with Gasteiger partial charge in [-0.1, -0.05) is 12.1 Å². The van der Waals surface area contributed by atoms with Crippen LogP contribution in [0.3, 0.4) is 0 Å². The van der Waals surface area contributed by atoms with Crippen LogP contribution in [0, 0.1) is 11.7 Å². The maximum atomic E-state index is 13.5. The van der Waals surface area contributed by atoms with Gasteiger partial charge in [-0.3, -0.25) is 0 Å². The number of benzene rings is 2. The Hall–Kier alpha value is -2.27. The summed E-state index contributed by atoms with van der Waals surface area (Å²) in [6.45, 7) is -8.03. The smallest absolute Gasteiger partial charge is 0.231 e. The molecule has 24 heavy (non-hydrogen) atoms. The standard InChI is InChI=1S/C19H20FNO3/c20-15-3-1-13(2-4-15)17-7-8-21-10-14(17)11-22-16-5-6-18-19(9-16)24-12-23-18/h1-6,9,14,17,21H,7-8,10-12H2/t14?,17-/m0/s1/i8D2,10D2,12D2,14D,17D. The van der Waals surface area contributed by atoms with Gasteiger partial charge in [0.2, 0.25) is 6.75 Å². The van der Waals surface area contributed by atoms with E-state index >= 15 is 0 Å². The Balaban J connectivity index is 1.68. The van der Waals surface area contributed by atoms with Gasteiger partial charge in [-0.2, -0.15) is 0 Å². The summed E-state index contributed by atoms with van der Waals surface area (Å²) >= 11 is 0. The maximum absolute atomic E-state index is 13.5. The monoisotopic (exact) mass is 337 g/mol. The van der Waals surface area contributed by atoms with Crippen molar-refractivity contribution in [3.8, 4) is 17.2 Å². The average molecular weight is 337 g/mol. The Labute approximate surface area is 151 Å². The fourth-order valence-corrected chi connectivity index (χ4v) is 2.49. The van der Waals surface area contributed by atoms with E-state index in [1.165, 1.54) is 30.3 Å². The van der Waals surface area contributed by atoms with Crippen molar-refractivity contribution >= 4 is 0 Å². The van der Waals surface area contributed by atoms with Crippen LogP contribution < -0.4 is 19.5 Å². The molecular formula is C19H20FNO3. The van der Waals surface area contributed by atoms with E-state index in [0.29, 0.717) is 0 Å². The number of rotatable bonds is 4. The van der Waals surface area contributed by atoms with Crippen LogP contribution in [-0.4, -0.2) is 26.3 Å². The molecule has 2 atom stereocenters. The molecule has 0 saturated carbocycles. The van der Waals surface area contributed by atoms with Crippen molar-refractivity contribution < 1.29 is 29.6 Å². The Morgan fingerprint density at radius 2 is 2.04 bits per heavy atom. The summed E-state index contributed by atoms with van der Waals surface area (Å²) in [6.07, 6.45) is -0.584. The third-order valence-electron chi connectivity index (χ3n) is 3.73. The van der Waals surface area contributed by atoms with E-state index in [1.807, 2.05) is 0 Å². The van der Waals surface area contributed by atoms with Crippen LogP contribution in [0.2, 0.25) is 0 Å². The van der Waals surface area contributed by atoms with Crippen molar-refractivity contribution in [3.05, 3.63) is 53.8 Å². The topological polar surface area (TPSA) is 39.7 Å².